The van der Waals surface area contributed by atoms with Gasteiger partial charge in [0.1, 0.15) is 4.21 Å². The predicted octanol–water partition coefficient (Wildman–Crippen LogP) is 1.77. The molecule has 1 heterocycles. The zero-order chi connectivity index (χ0) is 14.2. The summed E-state index contributed by atoms with van der Waals surface area (Å²) >= 11 is 0.869. The van der Waals surface area contributed by atoms with Crippen LogP contribution >= 0.6 is 11.3 Å². The Morgan fingerprint density at radius 1 is 1.47 bits per heavy atom. The summed E-state index contributed by atoms with van der Waals surface area (Å²) in [6.45, 7) is 2.06. The molecule has 0 saturated heterocycles. The molecule has 1 aromatic heterocycles. The first kappa shape index (κ1) is 14.2. The van der Waals surface area contributed by atoms with Gasteiger partial charge in [-0.05, 0) is 18.8 Å². The van der Waals surface area contributed by atoms with Gasteiger partial charge in [0.25, 0.3) is 10.0 Å². The summed E-state index contributed by atoms with van der Waals surface area (Å²) in [6, 6.07) is 1.04. The average molecular weight is 305 g/mol. The van der Waals surface area contributed by atoms with Crippen LogP contribution in [0.1, 0.15) is 19.8 Å². The molecule has 19 heavy (non-hydrogen) atoms. The van der Waals surface area contributed by atoms with Gasteiger partial charge in [-0.25, -0.2) is 13.1 Å². The number of rotatable bonds is 5. The molecule has 0 bridgehead atoms. The van der Waals surface area contributed by atoms with Crippen LogP contribution in [0.2, 0.25) is 0 Å². The highest BCUT2D eigenvalue weighted by Crippen LogP contribution is 2.37. The number of hydrogen-bond donors (Lipinski definition) is 2. The van der Waals surface area contributed by atoms with Crippen LogP contribution in [-0.2, 0) is 10.0 Å². The quantitative estimate of drug-likeness (QED) is 0.637. The van der Waals surface area contributed by atoms with Crippen LogP contribution in [-0.4, -0.2) is 26.4 Å². The molecule has 0 aliphatic heterocycles. The Bertz CT molecular complexity index is 590. The molecule has 1 aliphatic rings. The van der Waals surface area contributed by atoms with Crippen LogP contribution in [0.4, 0.5) is 10.7 Å². The molecule has 106 valence electrons. The number of anilines is 1. The Morgan fingerprint density at radius 2 is 2.11 bits per heavy atom. The average Bonchev–Trinajstić information content (AvgIpc) is 2.71. The number of sulfonamides is 1. The van der Waals surface area contributed by atoms with Gasteiger partial charge in [0.2, 0.25) is 0 Å². The molecule has 9 heteroatoms. The molecule has 0 amide bonds. The van der Waals surface area contributed by atoms with Crippen LogP contribution in [0.3, 0.4) is 0 Å². The zero-order valence-electron chi connectivity index (χ0n) is 10.5. The summed E-state index contributed by atoms with van der Waals surface area (Å²) < 4.78 is 26.7. The maximum atomic E-state index is 12.1. The van der Waals surface area contributed by atoms with E-state index in [2.05, 4.69) is 17.0 Å². The van der Waals surface area contributed by atoms with Gasteiger partial charge < -0.3 is 5.32 Å². The third-order valence-electron chi connectivity index (χ3n) is 3.07. The Morgan fingerprint density at radius 3 is 2.53 bits per heavy atom. The van der Waals surface area contributed by atoms with E-state index in [0.29, 0.717) is 5.92 Å². The zero-order valence-corrected chi connectivity index (χ0v) is 12.2. The Balaban J connectivity index is 2.23. The fraction of sp³-hybridized carbons (Fsp3) is 0.600. The SMILES string of the molecule is CNc1sc(S(=O)(=O)NC2CC(C)C2)cc1[N+](=O)[O-]. The van der Waals surface area contributed by atoms with E-state index in [1.54, 1.807) is 0 Å². The molecule has 1 saturated carbocycles. The van der Waals surface area contributed by atoms with Crippen molar-refractivity contribution in [3.05, 3.63) is 16.2 Å². The van der Waals surface area contributed by atoms with Crippen LogP contribution < -0.4 is 10.0 Å². The second-order valence-electron chi connectivity index (χ2n) is 4.68. The molecule has 7 nitrogen and oxygen atoms in total. The molecule has 1 aliphatic carbocycles. The van der Waals surface area contributed by atoms with Crippen LogP contribution in [0, 0.1) is 16.0 Å². The molecule has 2 N–H and O–H groups in total. The lowest BCUT2D eigenvalue weighted by Gasteiger charge is -2.32. The van der Waals surface area contributed by atoms with E-state index in [0.717, 1.165) is 30.2 Å². The van der Waals surface area contributed by atoms with Gasteiger partial charge in [-0.15, -0.1) is 0 Å². The van der Waals surface area contributed by atoms with Gasteiger partial charge in [0.15, 0.2) is 5.00 Å². The van der Waals surface area contributed by atoms with Crippen molar-refractivity contribution in [3.8, 4) is 0 Å². The summed E-state index contributed by atoms with van der Waals surface area (Å²) in [6.07, 6.45) is 1.62. The smallest absolute Gasteiger partial charge is 0.304 e. The van der Waals surface area contributed by atoms with Gasteiger partial charge in [-0.3, -0.25) is 10.1 Å². The van der Waals surface area contributed by atoms with Gasteiger partial charge in [-0.1, -0.05) is 18.3 Å². The van der Waals surface area contributed by atoms with Crippen molar-refractivity contribution in [3.63, 3.8) is 0 Å². The van der Waals surface area contributed by atoms with Crippen molar-refractivity contribution in [2.24, 2.45) is 5.92 Å². The monoisotopic (exact) mass is 305 g/mol. The fourth-order valence-electron chi connectivity index (χ4n) is 2.08. The van der Waals surface area contributed by atoms with Crippen molar-refractivity contribution >= 4 is 32.0 Å². The third-order valence-corrected chi connectivity index (χ3v) is 6.21. The first-order valence-electron chi connectivity index (χ1n) is 5.81. The van der Waals surface area contributed by atoms with E-state index in [4.69, 9.17) is 0 Å². The number of thiophene rings is 1. The van der Waals surface area contributed by atoms with Crippen LogP contribution in [0.5, 0.6) is 0 Å². The van der Waals surface area contributed by atoms with Crippen molar-refractivity contribution in [1.29, 1.82) is 0 Å². The van der Waals surface area contributed by atoms with E-state index in [1.807, 2.05) is 0 Å². The maximum absolute atomic E-state index is 12.1. The second-order valence-corrected chi connectivity index (χ2v) is 7.67. The van der Waals surface area contributed by atoms with E-state index in [9.17, 15) is 18.5 Å². The minimum Gasteiger partial charge on any atom is -0.374 e. The summed E-state index contributed by atoms with van der Waals surface area (Å²) in [4.78, 5) is 10.2. The first-order chi connectivity index (χ1) is 8.83. The van der Waals surface area contributed by atoms with Crippen molar-refractivity contribution in [1.82, 2.24) is 4.72 Å². The summed E-state index contributed by atoms with van der Waals surface area (Å²) in [5.74, 6) is 0.526. The third kappa shape index (κ3) is 2.88. The lowest BCUT2D eigenvalue weighted by molar-refractivity contribution is -0.383. The lowest BCUT2D eigenvalue weighted by Crippen LogP contribution is -2.43. The summed E-state index contributed by atoms with van der Waals surface area (Å²) in [7, 11) is -2.14. The Labute approximate surface area is 115 Å². The number of nitrogens with zero attached hydrogens (tertiary/aromatic N) is 1. The van der Waals surface area contributed by atoms with Gasteiger partial charge in [-0.2, -0.15) is 0 Å². The Hall–Kier alpha value is -1.19. The molecule has 0 atom stereocenters. The van der Waals surface area contributed by atoms with Crippen LogP contribution in [0.25, 0.3) is 0 Å². The summed E-state index contributed by atoms with van der Waals surface area (Å²) in [5, 5.41) is 13.7. The summed E-state index contributed by atoms with van der Waals surface area (Å²) in [5.41, 5.74) is -0.213. The van der Waals surface area contributed by atoms with Crippen LogP contribution in [0.15, 0.2) is 10.3 Å². The molecule has 1 aromatic rings. The van der Waals surface area contributed by atoms with Crippen molar-refractivity contribution in [2.45, 2.75) is 30.0 Å². The fourth-order valence-corrected chi connectivity index (χ4v) is 4.64. The van der Waals surface area contributed by atoms with E-state index < -0.39 is 14.9 Å². The molecule has 0 unspecified atom stereocenters. The van der Waals surface area contributed by atoms with E-state index in [1.165, 1.54) is 7.05 Å². The molecule has 1 fully saturated rings. The van der Waals surface area contributed by atoms with Gasteiger partial charge in [0.05, 0.1) is 4.92 Å². The predicted molar refractivity (Wildman–Crippen MR) is 73.0 cm³/mol. The van der Waals surface area contributed by atoms with Crippen molar-refractivity contribution < 1.29 is 13.3 Å². The van der Waals surface area contributed by atoms with E-state index >= 15 is 0 Å². The van der Waals surface area contributed by atoms with Gasteiger partial charge in [0, 0.05) is 19.2 Å². The topological polar surface area (TPSA) is 101 Å². The minimum absolute atomic E-state index is 0.0249. The largest absolute Gasteiger partial charge is 0.374 e. The molecular weight excluding hydrogens is 290 g/mol. The highest BCUT2D eigenvalue weighted by Gasteiger charge is 2.32. The number of nitro groups is 1. The Kier molecular flexibility index (Phi) is 3.79. The standard InChI is InChI=1S/C10H15N3O4S2/c1-6-3-7(4-6)12-19(16,17)9-5-8(13(14)15)10(11-2)18-9/h5-7,11-12H,3-4H2,1-2H3. The van der Waals surface area contributed by atoms with Gasteiger partial charge >= 0.3 is 5.69 Å². The molecule has 2 rings (SSSR count). The molecule has 0 aromatic carbocycles. The maximum Gasteiger partial charge on any atom is 0.304 e. The number of hydrogen-bond acceptors (Lipinski definition) is 6. The molecular formula is C10H15N3O4S2. The molecule has 0 radical (unpaired) electrons. The minimum atomic E-state index is -3.67. The second kappa shape index (κ2) is 5.06. The first-order valence-corrected chi connectivity index (χ1v) is 8.11. The van der Waals surface area contributed by atoms with Crippen molar-refractivity contribution in [2.75, 3.05) is 12.4 Å². The molecule has 0 spiro atoms. The highest BCUT2D eigenvalue weighted by molar-refractivity contribution is 7.91. The van der Waals surface area contributed by atoms with E-state index in [-0.39, 0.29) is 20.9 Å². The normalized spacial score (nSPS) is 22.8. The highest BCUT2D eigenvalue weighted by atomic mass is 32.2. The lowest BCUT2D eigenvalue weighted by atomic mass is 9.83. The number of nitrogens with one attached hydrogen (secondary N) is 2.